The molecule has 100 valence electrons. The molecular formula is C14H16N2O3. The van der Waals surface area contributed by atoms with Gasteiger partial charge < -0.3 is 14.7 Å². The van der Waals surface area contributed by atoms with E-state index in [1.54, 1.807) is 18.2 Å². The number of hydrogen-bond acceptors (Lipinski definition) is 3. The summed E-state index contributed by atoms with van der Waals surface area (Å²) in [7, 11) is 0. The minimum absolute atomic E-state index is 0.0386. The van der Waals surface area contributed by atoms with Crippen LogP contribution in [0.3, 0.4) is 0 Å². The fourth-order valence-electron chi connectivity index (χ4n) is 1.63. The SMILES string of the molecule is CC[C@@H](C)NC(=O)c1ccc(-c2ccco2)[nH]c1=O. The summed E-state index contributed by atoms with van der Waals surface area (Å²) in [5, 5.41) is 2.76. The Labute approximate surface area is 110 Å². The number of nitrogens with one attached hydrogen (secondary N) is 2. The Morgan fingerprint density at radius 2 is 2.21 bits per heavy atom. The van der Waals surface area contributed by atoms with Gasteiger partial charge in [0.05, 0.1) is 12.0 Å². The van der Waals surface area contributed by atoms with Gasteiger partial charge in [0.15, 0.2) is 0 Å². The van der Waals surface area contributed by atoms with E-state index in [0.717, 1.165) is 6.42 Å². The van der Waals surface area contributed by atoms with Crippen molar-refractivity contribution in [3.8, 4) is 11.5 Å². The van der Waals surface area contributed by atoms with Gasteiger partial charge in [0.25, 0.3) is 11.5 Å². The van der Waals surface area contributed by atoms with Crippen LogP contribution in [-0.4, -0.2) is 16.9 Å². The summed E-state index contributed by atoms with van der Waals surface area (Å²) in [6.45, 7) is 3.86. The Morgan fingerprint density at radius 3 is 2.79 bits per heavy atom. The van der Waals surface area contributed by atoms with Crippen molar-refractivity contribution in [3.05, 3.63) is 46.4 Å². The second-order valence-corrected chi connectivity index (χ2v) is 4.37. The van der Waals surface area contributed by atoms with Gasteiger partial charge >= 0.3 is 0 Å². The molecule has 2 heterocycles. The summed E-state index contributed by atoms with van der Waals surface area (Å²) in [5.41, 5.74) is 0.236. The molecular weight excluding hydrogens is 244 g/mol. The van der Waals surface area contributed by atoms with Crippen LogP contribution in [0.25, 0.3) is 11.5 Å². The molecule has 0 radical (unpaired) electrons. The maximum absolute atomic E-state index is 11.9. The van der Waals surface area contributed by atoms with Crippen molar-refractivity contribution in [1.29, 1.82) is 0 Å². The second-order valence-electron chi connectivity index (χ2n) is 4.37. The number of carbonyl (C=O) groups excluding carboxylic acids is 1. The van der Waals surface area contributed by atoms with Gasteiger partial charge in [0.1, 0.15) is 11.3 Å². The predicted molar refractivity (Wildman–Crippen MR) is 72.0 cm³/mol. The first kappa shape index (κ1) is 13.1. The third kappa shape index (κ3) is 2.93. The summed E-state index contributed by atoms with van der Waals surface area (Å²) in [4.78, 5) is 26.4. The summed E-state index contributed by atoms with van der Waals surface area (Å²) in [6.07, 6.45) is 2.34. The lowest BCUT2D eigenvalue weighted by Crippen LogP contribution is -2.35. The number of aromatic nitrogens is 1. The minimum atomic E-state index is -0.422. The normalized spacial score (nSPS) is 12.1. The molecule has 0 spiro atoms. The number of carbonyl (C=O) groups is 1. The maximum atomic E-state index is 11.9. The average molecular weight is 260 g/mol. The molecule has 0 unspecified atom stereocenters. The molecule has 0 aromatic carbocycles. The number of pyridine rings is 1. The fourth-order valence-corrected chi connectivity index (χ4v) is 1.63. The first-order chi connectivity index (χ1) is 9.11. The largest absolute Gasteiger partial charge is 0.463 e. The van der Waals surface area contributed by atoms with Gasteiger partial charge in [-0.3, -0.25) is 9.59 Å². The molecule has 0 aliphatic rings. The molecule has 2 aromatic rings. The Kier molecular flexibility index (Phi) is 3.85. The molecule has 5 heteroatoms. The zero-order valence-electron chi connectivity index (χ0n) is 10.9. The maximum Gasteiger partial charge on any atom is 0.261 e. The van der Waals surface area contributed by atoms with Crippen molar-refractivity contribution in [2.45, 2.75) is 26.3 Å². The van der Waals surface area contributed by atoms with E-state index in [9.17, 15) is 9.59 Å². The molecule has 19 heavy (non-hydrogen) atoms. The van der Waals surface area contributed by atoms with Gasteiger partial charge in [0.2, 0.25) is 0 Å². The van der Waals surface area contributed by atoms with Crippen LogP contribution in [0.5, 0.6) is 0 Å². The van der Waals surface area contributed by atoms with Gasteiger partial charge in [0, 0.05) is 6.04 Å². The van der Waals surface area contributed by atoms with Gasteiger partial charge in [-0.2, -0.15) is 0 Å². The highest BCUT2D eigenvalue weighted by Crippen LogP contribution is 2.15. The van der Waals surface area contributed by atoms with Crippen LogP contribution in [0.15, 0.2) is 39.7 Å². The quantitative estimate of drug-likeness (QED) is 0.884. The molecule has 1 atom stereocenters. The van der Waals surface area contributed by atoms with Crippen molar-refractivity contribution in [1.82, 2.24) is 10.3 Å². The van der Waals surface area contributed by atoms with Crippen molar-refractivity contribution < 1.29 is 9.21 Å². The summed E-state index contributed by atoms with van der Waals surface area (Å²) >= 11 is 0. The van der Waals surface area contributed by atoms with E-state index in [-0.39, 0.29) is 17.5 Å². The van der Waals surface area contributed by atoms with Crippen molar-refractivity contribution >= 4 is 5.91 Å². The standard InChI is InChI=1S/C14H16N2O3/c1-3-9(2)15-13(17)10-6-7-11(16-14(10)18)12-5-4-8-19-12/h4-9H,3H2,1-2H3,(H,15,17)(H,16,18)/t9-/m1/s1. The number of hydrogen-bond donors (Lipinski definition) is 2. The van der Waals surface area contributed by atoms with Crippen molar-refractivity contribution in [2.24, 2.45) is 0 Å². The highest BCUT2D eigenvalue weighted by molar-refractivity contribution is 5.94. The predicted octanol–water partition coefficient (Wildman–Crippen LogP) is 2.16. The number of rotatable bonds is 4. The molecule has 2 N–H and O–H groups in total. The Bertz CT molecular complexity index is 614. The lowest BCUT2D eigenvalue weighted by Gasteiger charge is -2.10. The van der Waals surface area contributed by atoms with E-state index in [4.69, 9.17) is 4.42 Å². The summed E-state index contributed by atoms with van der Waals surface area (Å²) in [6, 6.07) is 6.68. The molecule has 0 saturated carbocycles. The number of H-pyrrole nitrogens is 1. The van der Waals surface area contributed by atoms with Crippen LogP contribution in [0.4, 0.5) is 0 Å². The van der Waals surface area contributed by atoms with Gasteiger partial charge in [-0.15, -0.1) is 0 Å². The van der Waals surface area contributed by atoms with Crippen LogP contribution in [-0.2, 0) is 0 Å². The molecule has 2 aromatic heterocycles. The van der Waals surface area contributed by atoms with Crippen molar-refractivity contribution in [2.75, 3.05) is 0 Å². The molecule has 0 aliphatic carbocycles. The van der Waals surface area contributed by atoms with Crippen LogP contribution in [0.2, 0.25) is 0 Å². The summed E-state index contributed by atoms with van der Waals surface area (Å²) < 4.78 is 5.19. The van der Waals surface area contributed by atoms with Crippen molar-refractivity contribution in [3.63, 3.8) is 0 Å². The lowest BCUT2D eigenvalue weighted by atomic mass is 10.2. The zero-order chi connectivity index (χ0) is 13.8. The van der Waals surface area contributed by atoms with E-state index in [0.29, 0.717) is 11.5 Å². The van der Waals surface area contributed by atoms with Crippen LogP contribution in [0, 0.1) is 0 Å². The zero-order valence-corrected chi connectivity index (χ0v) is 10.9. The Hall–Kier alpha value is -2.30. The Balaban J connectivity index is 2.25. The van der Waals surface area contributed by atoms with Gasteiger partial charge in [-0.1, -0.05) is 6.92 Å². The molecule has 2 rings (SSSR count). The van der Waals surface area contributed by atoms with E-state index in [2.05, 4.69) is 10.3 Å². The van der Waals surface area contributed by atoms with Crippen LogP contribution < -0.4 is 10.9 Å². The third-order valence-corrected chi connectivity index (χ3v) is 2.93. The summed E-state index contributed by atoms with van der Waals surface area (Å²) in [5.74, 6) is 0.201. The van der Waals surface area contributed by atoms with Crippen LogP contribution in [0.1, 0.15) is 30.6 Å². The fraction of sp³-hybridized carbons (Fsp3) is 0.286. The molecule has 1 amide bonds. The smallest absolute Gasteiger partial charge is 0.261 e. The van der Waals surface area contributed by atoms with E-state index in [1.165, 1.54) is 12.3 Å². The highest BCUT2D eigenvalue weighted by atomic mass is 16.3. The van der Waals surface area contributed by atoms with Crippen LogP contribution >= 0.6 is 0 Å². The number of furan rings is 1. The second kappa shape index (κ2) is 5.56. The van der Waals surface area contributed by atoms with E-state index < -0.39 is 5.56 Å². The van der Waals surface area contributed by atoms with E-state index in [1.807, 2.05) is 13.8 Å². The first-order valence-corrected chi connectivity index (χ1v) is 6.20. The highest BCUT2D eigenvalue weighted by Gasteiger charge is 2.13. The van der Waals surface area contributed by atoms with E-state index >= 15 is 0 Å². The average Bonchev–Trinajstić information content (AvgIpc) is 2.92. The monoisotopic (exact) mass is 260 g/mol. The molecule has 5 nitrogen and oxygen atoms in total. The minimum Gasteiger partial charge on any atom is -0.463 e. The molecule has 0 saturated heterocycles. The number of amides is 1. The van der Waals surface area contributed by atoms with Gasteiger partial charge in [-0.05, 0) is 37.6 Å². The molecule has 0 fully saturated rings. The Morgan fingerprint density at radius 1 is 1.42 bits per heavy atom. The lowest BCUT2D eigenvalue weighted by molar-refractivity contribution is 0.0938. The molecule has 0 bridgehead atoms. The molecule has 0 aliphatic heterocycles. The topological polar surface area (TPSA) is 75.1 Å². The third-order valence-electron chi connectivity index (χ3n) is 2.93. The number of aromatic amines is 1. The van der Waals surface area contributed by atoms with Gasteiger partial charge in [-0.25, -0.2) is 0 Å². The first-order valence-electron chi connectivity index (χ1n) is 6.20.